The molecule has 0 unspecified atom stereocenters. The van der Waals surface area contributed by atoms with Gasteiger partial charge in [-0.15, -0.1) is 32.8 Å². The van der Waals surface area contributed by atoms with E-state index in [0.29, 0.717) is 0 Å². The van der Waals surface area contributed by atoms with Crippen molar-refractivity contribution in [1.82, 2.24) is 0 Å². The summed E-state index contributed by atoms with van der Waals surface area (Å²) < 4.78 is 0. The van der Waals surface area contributed by atoms with Gasteiger partial charge in [0.2, 0.25) is 0 Å². The van der Waals surface area contributed by atoms with Crippen molar-refractivity contribution in [3.05, 3.63) is 0 Å². The summed E-state index contributed by atoms with van der Waals surface area (Å²) in [5.74, 6) is 0. The first-order valence-electron chi connectivity index (χ1n) is 6.65. The van der Waals surface area contributed by atoms with Gasteiger partial charge in [0.05, 0.1) is 0 Å². The van der Waals surface area contributed by atoms with Crippen LogP contribution in [0.25, 0.3) is 11.1 Å². The minimum atomic E-state index is -2.04. The van der Waals surface area contributed by atoms with Gasteiger partial charge in [0, 0.05) is 0 Å². The third kappa shape index (κ3) is 2.78. The second kappa shape index (κ2) is 6.72. The van der Waals surface area contributed by atoms with Crippen LogP contribution in [-0.4, -0.2) is 87.8 Å². The van der Waals surface area contributed by atoms with Crippen LogP contribution < -0.4 is 54.6 Å². The fraction of sp³-hybridized carbons (Fsp3) is 0. The molecule has 0 aliphatic carbocycles. The van der Waals surface area contributed by atoms with Gasteiger partial charge in [-0.3, -0.25) is 0 Å². The molecule has 2 N–H and O–H groups in total. The maximum Gasteiger partial charge on any atom is 0.488 e. The SMILES string of the molecule is [B]c1c([B])c([B])c(-c2c([B])c([B])c([B])c([B])c2B(O)O)c([B])c1[B]. The van der Waals surface area contributed by atoms with Gasteiger partial charge in [-0.2, -0.15) is 0 Å². The molecule has 0 bridgehead atoms. The molecule has 0 aromatic heterocycles. The molecule has 12 heteroatoms. The summed E-state index contributed by atoms with van der Waals surface area (Å²) in [7, 11) is 50.8. The van der Waals surface area contributed by atoms with Gasteiger partial charge in [0.15, 0.2) is 0 Å². The summed E-state index contributed by atoms with van der Waals surface area (Å²) in [4.78, 5) is 0. The van der Waals surface area contributed by atoms with Crippen molar-refractivity contribution in [2.24, 2.45) is 0 Å². The summed E-state index contributed by atoms with van der Waals surface area (Å²) in [6, 6.07) is 0. The second-order valence-corrected chi connectivity index (χ2v) is 5.26. The zero-order chi connectivity index (χ0) is 18.5. The summed E-state index contributed by atoms with van der Waals surface area (Å²) in [5.41, 5.74) is -0.866. The Morgan fingerprint density at radius 2 is 0.708 bits per heavy atom. The maximum atomic E-state index is 9.72. The fourth-order valence-corrected chi connectivity index (χ4v) is 2.51. The van der Waals surface area contributed by atoms with Crippen molar-refractivity contribution < 1.29 is 10.0 Å². The van der Waals surface area contributed by atoms with E-state index in [0.717, 1.165) is 0 Å². The molecule has 2 aromatic rings. The van der Waals surface area contributed by atoms with Gasteiger partial charge in [0.25, 0.3) is 0 Å². The Morgan fingerprint density at radius 3 is 1.08 bits per heavy atom. The number of benzene rings is 2. The average Bonchev–Trinajstić information content (AvgIpc) is 2.53. The first-order valence-corrected chi connectivity index (χ1v) is 6.65. The third-order valence-electron chi connectivity index (χ3n) is 3.91. The molecule has 0 spiro atoms. The predicted molar refractivity (Wildman–Crippen MR) is 110 cm³/mol. The van der Waals surface area contributed by atoms with Crippen LogP contribution in [0.3, 0.4) is 0 Å². The van der Waals surface area contributed by atoms with Crippen LogP contribution in [0.2, 0.25) is 0 Å². The van der Waals surface area contributed by atoms with Crippen molar-refractivity contribution in [3.63, 3.8) is 0 Å². The Kier molecular flexibility index (Phi) is 5.42. The molecule has 0 saturated heterocycles. The highest BCUT2D eigenvalue weighted by Crippen LogP contribution is 2.06. The predicted octanol–water partition coefficient (Wildman–Crippen LogP) is -9.82. The van der Waals surface area contributed by atoms with E-state index in [1.807, 2.05) is 0 Å². The largest absolute Gasteiger partial charge is 0.488 e. The zero-order valence-corrected chi connectivity index (χ0v) is 12.7. The minimum absolute atomic E-state index is 0.00481. The Balaban J connectivity index is 3.10. The van der Waals surface area contributed by atoms with E-state index in [2.05, 4.69) is 0 Å². The van der Waals surface area contributed by atoms with Gasteiger partial charge in [-0.1, -0.05) is 16.4 Å². The van der Waals surface area contributed by atoms with Crippen LogP contribution in [0.1, 0.15) is 0 Å². The normalized spacial score (nSPS) is 10.8. The van der Waals surface area contributed by atoms with Crippen LogP contribution in [0.4, 0.5) is 0 Å². The molecule has 0 aliphatic rings. The van der Waals surface area contributed by atoms with Gasteiger partial charge in [-0.25, -0.2) is 0 Å². The lowest BCUT2D eigenvalue weighted by Gasteiger charge is -2.28. The van der Waals surface area contributed by atoms with E-state index in [4.69, 9.17) is 70.6 Å². The van der Waals surface area contributed by atoms with Crippen LogP contribution in [0.5, 0.6) is 0 Å². The van der Waals surface area contributed by atoms with Crippen molar-refractivity contribution in [2.75, 3.05) is 0 Å². The lowest BCUT2D eigenvalue weighted by atomic mass is 9.53. The summed E-state index contributed by atoms with van der Waals surface area (Å²) in [6.45, 7) is 0. The molecule has 0 amide bonds. The minimum Gasteiger partial charge on any atom is -0.423 e. The maximum absolute atomic E-state index is 9.72. The van der Waals surface area contributed by atoms with Crippen LogP contribution in [0.15, 0.2) is 0 Å². The average molecular weight is 286 g/mol. The van der Waals surface area contributed by atoms with Gasteiger partial charge < -0.3 is 10.0 Å². The van der Waals surface area contributed by atoms with Crippen LogP contribution in [-0.2, 0) is 0 Å². The lowest BCUT2D eigenvalue weighted by molar-refractivity contribution is 0.426. The highest BCUT2D eigenvalue weighted by atomic mass is 16.4. The fourth-order valence-electron chi connectivity index (χ4n) is 2.51. The van der Waals surface area contributed by atoms with Gasteiger partial charge in [0.1, 0.15) is 70.6 Å². The molecule has 18 radical (unpaired) electrons. The van der Waals surface area contributed by atoms with E-state index < -0.39 is 7.12 Å². The molecule has 2 nitrogen and oxygen atoms in total. The Hall–Kier alpha value is -0.991. The molecule has 0 atom stereocenters. The number of hydrogen-bond donors (Lipinski definition) is 2. The Labute approximate surface area is 153 Å². The van der Waals surface area contributed by atoms with Gasteiger partial charge >= 0.3 is 7.12 Å². The van der Waals surface area contributed by atoms with Crippen molar-refractivity contribution in [2.45, 2.75) is 0 Å². The van der Waals surface area contributed by atoms with Crippen molar-refractivity contribution in [1.29, 1.82) is 0 Å². The van der Waals surface area contributed by atoms with E-state index in [1.54, 1.807) is 0 Å². The topological polar surface area (TPSA) is 40.5 Å². The van der Waals surface area contributed by atoms with Crippen LogP contribution >= 0.6 is 0 Å². The molecule has 0 heterocycles. The molecular formula is C12H2B10O2. The molecule has 0 saturated carbocycles. The van der Waals surface area contributed by atoms with E-state index >= 15 is 0 Å². The van der Waals surface area contributed by atoms with E-state index in [9.17, 15) is 10.0 Å². The summed E-state index contributed by atoms with van der Waals surface area (Å²) in [5, 5.41) is 19.4. The van der Waals surface area contributed by atoms with Crippen molar-refractivity contribution in [3.8, 4) is 11.1 Å². The summed E-state index contributed by atoms with van der Waals surface area (Å²) >= 11 is 0. The molecule has 0 aliphatic heterocycles. The molecule has 2 aromatic carbocycles. The molecule has 24 heavy (non-hydrogen) atoms. The molecular weight excluding hydrogens is 284 g/mol. The smallest absolute Gasteiger partial charge is 0.423 e. The van der Waals surface area contributed by atoms with E-state index in [-0.39, 0.29) is 65.8 Å². The van der Waals surface area contributed by atoms with Crippen molar-refractivity contribution >= 4 is 132 Å². The Morgan fingerprint density at radius 1 is 0.417 bits per heavy atom. The second-order valence-electron chi connectivity index (χ2n) is 5.26. The van der Waals surface area contributed by atoms with E-state index in [1.165, 1.54) is 0 Å². The highest BCUT2D eigenvalue weighted by molar-refractivity contribution is 6.76. The zero-order valence-electron chi connectivity index (χ0n) is 12.7. The first-order chi connectivity index (χ1) is 11.0. The first kappa shape index (κ1) is 19.3. The number of hydrogen-bond acceptors (Lipinski definition) is 2. The number of rotatable bonds is 2. The highest BCUT2D eigenvalue weighted by Gasteiger charge is 2.25. The monoisotopic (exact) mass is 288 g/mol. The third-order valence-corrected chi connectivity index (χ3v) is 3.91. The standard InChI is InChI=1S/C12H2B10O2/c13-3-1(4(14)7(17)9(19)6(3)16)2-5(15)8(18)10(20)11(21)12(2)22(23)24/h23-24H. The van der Waals surface area contributed by atoms with Gasteiger partial charge in [-0.05, 0) is 16.6 Å². The quantitative estimate of drug-likeness (QED) is 0.538. The molecule has 0 fully saturated rings. The molecule has 2 rings (SSSR count). The molecule has 92 valence electrons. The summed E-state index contributed by atoms with van der Waals surface area (Å²) in [6.07, 6.45) is 0. The Bertz CT molecular complexity index is 820. The van der Waals surface area contributed by atoms with Crippen LogP contribution in [0, 0.1) is 0 Å². The lowest BCUT2D eigenvalue weighted by Crippen LogP contribution is -2.62.